The van der Waals surface area contributed by atoms with E-state index in [1.807, 2.05) is 0 Å². The molecule has 1 aromatic carbocycles. The number of hydrogen-bond donors (Lipinski definition) is 1. The summed E-state index contributed by atoms with van der Waals surface area (Å²) in [6.45, 7) is 1.76. The highest BCUT2D eigenvalue weighted by Crippen LogP contribution is 2.30. The van der Waals surface area contributed by atoms with E-state index in [0.29, 0.717) is 4.47 Å². The van der Waals surface area contributed by atoms with Crippen LogP contribution in [-0.2, 0) is 4.74 Å². The van der Waals surface area contributed by atoms with Crippen LogP contribution in [0.2, 0.25) is 0 Å². The molecule has 0 aliphatic rings. The summed E-state index contributed by atoms with van der Waals surface area (Å²) in [7, 11) is 0. The number of ether oxygens (including phenoxy) is 1. The van der Waals surface area contributed by atoms with E-state index in [1.54, 1.807) is 6.92 Å². The van der Waals surface area contributed by atoms with E-state index in [1.165, 1.54) is 12.1 Å². The Hall–Kier alpha value is -1.63. The predicted molar refractivity (Wildman–Crippen MR) is 61.2 cm³/mol. The van der Waals surface area contributed by atoms with Gasteiger partial charge in [0, 0.05) is 4.47 Å². The Labute approximate surface area is 99.7 Å². The van der Waals surface area contributed by atoms with Gasteiger partial charge in [0.1, 0.15) is 11.3 Å². The van der Waals surface area contributed by atoms with Gasteiger partial charge in [-0.3, -0.25) is 10.1 Å². The summed E-state index contributed by atoms with van der Waals surface area (Å²) in [6.07, 6.45) is 0. The largest absolute Gasteiger partial charge is 0.462 e. The van der Waals surface area contributed by atoms with Crippen molar-refractivity contribution in [1.82, 2.24) is 0 Å². The van der Waals surface area contributed by atoms with Gasteiger partial charge in [0.25, 0.3) is 0 Å². The Balaban J connectivity index is 3.35. The van der Waals surface area contributed by atoms with E-state index in [9.17, 15) is 14.9 Å². The average Bonchev–Trinajstić information content (AvgIpc) is 2.15. The highest BCUT2D eigenvalue weighted by Gasteiger charge is 2.25. The zero-order valence-electron chi connectivity index (χ0n) is 8.40. The number of esters is 1. The molecule has 0 aromatic heterocycles. The van der Waals surface area contributed by atoms with E-state index >= 15 is 0 Å². The molecule has 6 nitrogen and oxygen atoms in total. The fourth-order valence-electron chi connectivity index (χ4n) is 1.19. The molecule has 0 atom stereocenters. The molecule has 0 bridgehead atoms. The summed E-state index contributed by atoms with van der Waals surface area (Å²) in [5, 5.41) is 10.8. The van der Waals surface area contributed by atoms with Crippen LogP contribution in [0.25, 0.3) is 0 Å². The summed E-state index contributed by atoms with van der Waals surface area (Å²) in [6, 6.07) is 2.67. The SMILES string of the molecule is CCOC(=O)c1cc(Br)cc(N)c1[N+](=O)[O-]. The summed E-state index contributed by atoms with van der Waals surface area (Å²) in [5.41, 5.74) is 4.81. The van der Waals surface area contributed by atoms with Gasteiger partial charge in [-0.15, -0.1) is 0 Å². The third-order valence-corrected chi connectivity index (χ3v) is 2.24. The molecule has 0 fully saturated rings. The first-order valence-electron chi connectivity index (χ1n) is 4.38. The van der Waals surface area contributed by atoms with Gasteiger partial charge >= 0.3 is 11.7 Å². The van der Waals surface area contributed by atoms with Gasteiger partial charge < -0.3 is 10.5 Å². The number of nitro benzene ring substituents is 1. The van der Waals surface area contributed by atoms with Gasteiger partial charge in [-0.2, -0.15) is 0 Å². The van der Waals surface area contributed by atoms with Crippen molar-refractivity contribution in [3.05, 3.63) is 32.3 Å². The molecule has 0 aliphatic carbocycles. The van der Waals surface area contributed by atoms with Crippen LogP contribution in [0.5, 0.6) is 0 Å². The Morgan fingerprint density at radius 3 is 2.75 bits per heavy atom. The molecule has 0 unspecified atom stereocenters. The van der Waals surface area contributed by atoms with Crippen LogP contribution in [0.3, 0.4) is 0 Å². The van der Waals surface area contributed by atoms with Crippen LogP contribution in [0.1, 0.15) is 17.3 Å². The maximum absolute atomic E-state index is 11.5. The number of nitrogen functional groups attached to an aromatic ring is 1. The van der Waals surface area contributed by atoms with Crippen molar-refractivity contribution in [2.45, 2.75) is 6.92 Å². The number of nitro groups is 1. The first-order valence-corrected chi connectivity index (χ1v) is 5.17. The number of carbonyl (C=O) groups excluding carboxylic acids is 1. The van der Waals surface area contributed by atoms with Crippen LogP contribution in [0.4, 0.5) is 11.4 Å². The van der Waals surface area contributed by atoms with Crippen LogP contribution >= 0.6 is 15.9 Å². The first kappa shape index (κ1) is 12.4. The molecular formula is C9H9BrN2O4. The quantitative estimate of drug-likeness (QED) is 0.398. The molecule has 0 aliphatic heterocycles. The van der Waals surface area contributed by atoms with Gasteiger partial charge in [0.2, 0.25) is 0 Å². The molecular weight excluding hydrogens is 280 g/mol. The highest BCUT2D eigenvalue weighted by atomic mass is 79.9. The van der Waals surface area contributed by atoms with E-state index < -0.39 is 16.6 Å². The van der Waals surface area contributed by atoms with E-state index in [0.717, 1.165) is 0 Å². The Bertz CT molecular complexity index is 447. The standard InChI is InChI=1S/C9H9BrN2O4/c1-2-16-9(13)6-3-5(10)4-7(11)8(6)12(14)15/h3-4H,2,11H2,1H3. The number of nitrogens with zero attached hydrogens (tertiary/aromatic N) is 1. The summed E-state index contributed by atoms with van der Waals surface area (Å²) < 4.78 is 5.19. The summed E-state index contributed by atoms with van der Waals surface area (Å²) in [4.78, 5) is 21.5. The van der Waals surface area contributed by atoms with Crippen molar-refractivity contribution >= 4 is 33.3 Å². The maximum atomic E-state index is 11.5. The maximum Gasteiger partial charge on any atom is 0.345 e. The molecule has 86 valence electrons. The predicted octanol–water partition coefficient (Wildman–Crippen LogP) is 2.12. The van der Waals surface area contributed by atoms with Crippen LogP contribution in [-0.4, -0.2) is 17.5 Å². The van der Waals surface area contributed by atoms with Gasteiger partial charge in [-0.05, 0) is 19.1 Å². The lowest BCUT2D eigenvalue weighted by Crippen LogP contribution is -2.09. The lowest BCUT2D eigenvalue weighted by molar-refractivity contribution is -0.384. The van der Waals surface area contributed by atoms with Crippen molar-refractivity contribution in [1.29, 1.82) is 0 Å². The zero-order chi connectivity index (χ0) is 12.3. The molecule has 0 amide bonds. The minimum Gasteiger partial charge on any atom is -0.462 e. The lowest BCUT2D eigenvalue weighted by atomic mass is 10.1. The molecule has 7 heteroatoms. The monoisotopic (exact) mass is 288 g/mol. The smallest absolute Gasteiger partial charge is 0.345 e. The van der Waals surface area contributed by atoms with Gasteiger partial charge in [-0.25, -0.2) is 4.79 Å². The van der Waals surface area contributed by atoms with Crippen LogP contribution in [0.15, 0.2) is 16.6 Å². The van der Waals surface area contributed by atoms with Crippen molar-refractivity contribution in [2.75, 3.05) is 12.3 Å². The number of halogens is 1. The van der Waals surface area contributed by atoms with Crippen molar-refractivity contribution < 1.29 is 14.5 Å². The van der Waals surface area contributed by atoms with Crippen LogP contribution < -0.4 is 5.73 Å². The molecule has 0 saturated carbocycles. The number of nitrogens with two attached hydrogens (primary N) is 1. The second kappa shape index (κ2) is 4.93. The highest BCUT2D eigenvalue weighted by molar-refractivity contribution is 9.10. The molecule has 16 heavy (non-hydrogen) atoms. The normalized spacial score (nSPS) is 9.88. The third-order valence-electron chi connectivity index (χ3n) is 1.78. The number of anilines is 1. The first-order chi connectivity index (χ1) is 7.47. The fourth-order valence-corrected chi connectivity index (χ4v) is 1.66. The number of rotatable bonds is 3. The minimum absolute atomic E-state index is 0.0811. The fraction of sp³-hybridized carbons (Fsp3) is 0.222. The Kier molecular flexibility index (Phi) is 3.83. The van der Waals surface area contributed by atoms with E-state index in [4.69, 9.17) is 10.5 Å². The second-order valence-electron chi connectivity index (χ2n) is 2.87. The lowest BCUT2D eigenvalue weighted by Gasteiger charge is -2.05. The molecule has 0 spiro atoms. The second-order valence-corrected chi connectivity index (χ2v) is 3.78. The zero-order valence-corrected chi connectivity index (χ0v) is 9.98. The number of benzene rings is 1. The van der Waals surface area contributed by atoms with Crippen molar-refractivity contribution in [2.24, 2.45) is 0 Å². The van der Waals surface area contributed by atoms with E-state index in [2.05, 4.69) is 15.9 Å². The van der Waals surface area contributed by atoms with E-state index in [-0.39, 0.29) is 17.9 Å². The number of carbonyl (C=O) groups is 1. The minimum atomic E-state index is -0.762. The third kappa shape index (κ3) is 2.48. The molecule has 1 aromatic rings. The molecule has 0 saturated heterocycles. The topological polar surface area (TPSA) is 95.5 Å². The van der Waals surface area contributed by atoms with Gasteiger partial charge in [0.15, 0.2) is 0 Å². The summed E-state index contributed by atoms with van der Waals surface area (Å²) in [5.74, 6) is -0.762. The number of hydrogen-bond acceptors (Lipinski definition) is 5. The van der Waals surface area contributed by atoms with Crippen molar-refractivity contribution in [3.63, 3.8) is 0 Å². The average molecular weight is 289 g/mol. The van der Waals surface area contributed by atoms with Gasteiger partial charge in [0.05, 0.1) is 11.5 Å². The molecule has 1 rings (SSSR count). The van der Waals surface area contributed by atoms with Crippen LogP contribution in [0, 0.1) is 10.1 Å². The van der Waals surface area contributed by atoms with Gasteiger partial charge in [-0.1, -0.05) is 15.9 Å². The molecule has 2 N–H and O–H groups in total. The molecule has 0 heterocycles. The Morgan fingerprint density at radius 1 is 1.62 bits per heavy atom. The summed E-state index contributed by atoms with van der Waals surface area (Å²) >= 11 is 3.11. The molecule has 0 radical (unpaired) electrons. The Morgan fingerprint density at radius 2 is 2.25 bits per heavy atom. The van der Waals surface area contributed by atoms with Crippen molar-refractivity contribution in [3.8, 4) is 0 Å².